The van der Waals surface area contributed by atoms with Crippen LogP contribution in [-0.2, 0) is 13.1 Å². The van der Waals surface area contributed by atoms with Crippen molar-refractivity contribution in [1.29, 1.82) is 0 Å². The van der Waals surface area contributed by atoms with E-state index in [1.165, 1.54) is 12.1 Å². The fourth-order valence-corrected chi connectivity index (χ4v) is 2.32. The second kappa shape index (κ2) is 5.49. The van der Waals surface area contributed by atoms with Gasteiger partial charge in [0.15, 0.2) is 0 Å². The second-order valence-corrected chi connectivity index (χ2v) is 5.51. The summed E-state index contributed by atoms with van der Waals surface area (Å²) in [5.41, 5.74) is 1.89. The molecule has 0 atom stereocenters. The lowest BCUT2D eigenvalue weighted by Gasteiger charge is -2.30. The standard InChI is InChI=1S/C16H18F2N/c1-19(2,11-13-5-3-7-15(17)9-13)12-14-6-4-8-16(18)10-14/h3-10H,11-12H2,1-2H3/q+1. The summed E-state index contributed by atoms with van der Waals surface area (Å²) in [5, 5.41) is 0. The van der Waals surface area contributed by atoms with E-state index in [0.29, 0.717) is 17.6 Å². The predicted molar refractivity (Wildman–Crippen MR) is 72.3 cm³/mol. The van der Waals surface area contributed by atoms with Gasteiger partial charge in [-0.1, -0.05) is 24.3 Å². The van der Waals surface area contributed by atoms with E-state index in [9.17, 15) is 8.78 Å². The summed E-state index contributed by atoms with van der Waals surface area (Å²) in [5.74, 6) is -0.438. The van der Waals surface area contributed by atoms with E-state index in [4.69, 9.17) is 0 Å². The lowest BCUT2D eigenvalue weighted by atomic mass is 10.1. The maximum absolute atomic E-state index is 13.2. The Balaban J connectivity index is 2.10. The number of hydrogen-bond donors (Lipinski definition) is 0. The van der Waals surface area contributed by atoms with Crippen LogP contribution in [0.1, 0.15) is 11.1 Å². The molecule has 0 unspecified atom stereocenters. The highest BCUT2D eigenvalue weighted by Crippen LogP contribution is 2.16. The van der Waals surface area contributed by atoms with Crippen LogP contribution < -0.4 is 0 Å². The number of nitrogens with zero attached hydrogens (tertiary/aromatic N) is 1. The van der Waals surface area contributed by atoms with E-state index in [2.05, 4.69) is 14.1 Å². The van der Waals surface area contributed by atoms with E-state index >= 15 is 0 Å². The zero-order chi connectivity index (χ0) is 13.9. The normalized spacial score (nSPS) is 11.6. The Hall–Kier alpha value is -1.74. The van der Waals surface area contributed by atoms with Crippen molar-refractivity contribution in [3.05, 3.63) is 71.3 Å². The van der Waals surface area contributed by atoms with Crippen molar-refractivity contribution in [2.75, 3.05) is 14.1 Å². The van der Waals surface area contributed by atoms with Gasteiger partial charge in [-0.05, 0) is 24.3 Å². The predicted octanol–water partition coefficient (Wildman–Crippen LogP) is 3.74. The molecule has 0 amide bonds. The van der Waals surface area contributed by atoms with Crippen molar-refractivity contribution in [1.82, 2.24) is 0 Å². The van der Waals surface area contributed by atoms with Crippen LogP contribution >= 0.6 is 0 Å². The molecule has 0 aliphatic rings. The Labute approximate surface area is 112 Å². The van der Waals surface area contributed by atoms with E-state index in [-0.39, 0.29) is 11.6 Å². The Bertz CT molecular complexity index is 515. The molecule has 0 aliphatic heterocycles. The minimum absolute atomic E-state index is 0.219. The molecular formula is C16H18F2N+. The molecule has 0 bridgehead atoms. The molecule has 19 heavy (non-hydrogen) atoms. The smallest absolute Gasteiger partial charge is 0.123 e. The van der Waals surface area contributed by atoms with Crippen molar-refractivity contribution < 1.29 is 13.3 Å². The highest BCUT2D eigenvalue weighted by molar-refractivity contribution is 5.17. The first-order valence-corrected chi connectivity index (χ1v) is 6.25. The zero-order valence-electron chi connectivity index (χ0n) is 11.2. The number of quaternary nitrogens is 1. The van der Waals surface area contributed by atoms with Gasteiger partial charge in [0.25, 0.3) is 0 Å². The second-order valence-electron chi connectivity index (χ2n) is 5.51. The Morgan fingerprint density at radius 3 is 1.58 bits per heavy atom. The van der Waals surface area contributed by atoms with Gasteiger partial charge in [0.2, 0.25) is 0 Å². The van der Waals surface area contributed by atoms with E-state index in [1.807, 2.05) is 12.1 Å². The third-order valence-electron chi connectivity index (χ3n) is 3.00. The number of halogens is 2. The minimum atomic E-state index is -0.219. The average Bonchev–Trinajstić information content (AvgIpc) is 2.27. The number of hydrogen-bond acceptors (Lipinski definition) is 0. The molecule has 0 spiro atoms. The molecule has 0 radical (unpaired) electrons. The van der Waals surface area contributed by atoms with E-state index < -0.39 is 0 Å². The molecular weight excluding hydrogens is 244 g/mol. The van der Waals surface area contributed by atoms with Crippen LogP contribution in [0.25, 0.3) is 0 Å². The van der Waals surface area contributed by atoms with Gasteiger partial charge < -0.3 is 4.48 Å². The molecule has 0 saturated carbocycles. The van der Waals surface area contributed by atoms with Gasteiger partial charge in [-0.25, -0.2) is 8.78 Å². The summed E-state index contributed by atoms with van der Waals surface area (Å²) in [6.45, 7) is 1.41. The van der Waals surface area contributed by atoms with Crippen molar-refractivity contribution in [2.24, 2.45) is 0 Å². The van der Waals surface area contributed by atoms with Crippen LogP contribution in [0.4, 0.5) is 8.78 Å². The van der Waals surface area contributed by atoms with Crippen molar-refractivity contribution in [3.63, 3.8) is 0 Å². The van der Waals surface area contributed by atoms with Gasteiger partial charge in [0, 0.05) is 11.1 Å². The summed E-state index contributed by atoms with van der Waals surface area (Å²) in [7, 11) is 4.10. The summed E-state index contributed by atoms with van der Waals surface area (Å²) in [6.07, 6.45) is 0. The van der Waals surface area contributed by atoms with Crippen molar-refractivity contribution in [2.45, 2.75) is 13.1 Å². The highest BCUT2D eigenvalue weighted by atomic mass is 19.1. The molecule has 2 aromatic carbocycles. The topological polar surface area (TPSA) is 0 Å². The van der Waals surface area contributed by atoms with E-state index in [1.54, 1.807) is 24.3 Å². The lowest BCUT2D eigenvalue weighted by molar-refractivity contribution is -0.916. The molecule has 0 heterocycles. The average molecular weight is 262 g/mol. The first-order valence-electron chi connectivity index (χ1n) is 6.25. The lowest BCUT2D eigenvalue weighted by Crippen LogP contribution is -2.37. The molecule has 0 aromatic heterocycles. The van der Waals surface area contributed by atoms with Gasteiger partial charge in [-0.3, -0.25) is 0 Å². The maximum Gasteiger partial charge on any atom is 0.123 e. The Morgan fingerprint density at radius 1 is 0.789 bits per heavy atom. The van der Waals surface area contributed by atoms with Crippen LogP contribution in [-0.4, -0.2) is 18.6 Å². The Morgan fingerprint density at radius 2 is 1.21 bits per heavy atom. The van der Waals surface area contributed by atoms with Gasteiger partial charge >= 0.3 is 0 Å². The minimum Gasteiger partial charge on any atom is -0.321 e. The SMILES string of the molecule is C[N+](C)(Cc1cccc(F)c1)Cc1cccc(F)c1. The summed E-state index contributed by atoms with van der Waals surface area (Å²) >= 11 is 0. The summed E-state index contributed by atoms with van der Waals surface area (Å²) < 4.78 is 27.0. The molecule has 0 saturated heterocycles. The number of benzene rings is 2. The fraction of sp³-hybridized carbons (Fsp3) is 0.250. The van der Waals surface area contributed by atoms with Crippen LogP contribution in [0, 0.1) is 11.6 Å². The van der Waals surface area contributed by atoms with Gasteiger partial charge in [-0.2, -0.15) is 0 Å². The Kier molecular flexibility index (Phi) is 3.96. The molecule has 0 fully saturated rings. The molecule has 100 valence electrons. The fourth-order valence-electron chi connectivity index (χ4n) is 2.32. The van der Waals surface area contributed by atoms with Crippen molar-refractivity contribution >= 4 is 0 Å². The van der Waals surface area contributed by atoms with Gasteiger partial charge in [-0.15, -0.1) is 0 Å². The highest BCUT2D eigenvalue weighted by Gasteiger charge is 2.17. The van der Waals surface area contributed by atoms with Gasteiger partial charge in [0.1, 0.15) is 24.7 Å². The molecule has 2 aromatic rings. The zero-order valence-corrected chi connectivity index (χ0v) is 11.2. The van der Waals surface area contributed by atoms with Crippen molar-refractivity contribution in [3.8, 4) is 0 Å². The van der Waals surface area contributed by atoms with Crippen LogP contribution in [0.2, 0.25) is 0 Å². The maximum atomic E-state index is 13.2. The molecule has 3 heteroatoms. The molecule has 2 rings (SSSR count). The molecule has 0 N–H and O–H groups in total. The first-order chi connectivity index (χ1) is 8.94. The molecule has 0 aliphatic carbocycles. The first kappa shape index (κ1) is 13.7. The van der Waals surface area contributed by atoms with E-state index in [0.717, 1.165) is 11.1 Å². The van der Waals surface area contributed by atoms with Crippen LogP contribution in [0.3, 0.4) is 0 Å². The van der Waals surface area contributed by atoms with Crippen LogP contribution in [0.15, 0.2) is 48.5 Å². The van der Waals surface area contributed by atoms with Crippen LogP contribution in [0.5, 0.6) is 0 Å². The monoisotopic (exact) mass is 262 g/mol. The largest absolute Gasteiger partial charge is 0.321 e. The quantitative estimate of drug-likeness (QED) is 0.736. The van der Waals surface area contributed by atoms with Gasteiger partial charge in [0.05, 0.1) is 14.1 Å². The number of rotatable bonds is 4. The third kappa shape index (κ3) is 4.14. The molecule has 1 nitrogen and oxygen atoms in total. The summed E-state index contributed by atoms with van der Waals surface area (Å²) in [4.78, 5) is 0. The third-order valence-corrected chi connectivity index (χ3v) is 3.00. The summed E-state index contributed by atoms with van der Waals surface area (Å²) in [6, 6.07) is 13.2.